The van der Waals surface area contributed by atoms with E-state index in [1.165, 1.54) is 11.0 Å². The molecule has 15 heavy (non-hydrogen) atoms. The van der Waals surface area contributed by atoms with Crippen LogP contribution in [0.4, 0.5) is 0 Å². The molecule has 0 atom stereocenters. The van der Waals surface area contributed by atoms with Crippen molar-refractivity contribution < 1.29 is 4.79 Å². The Morgan fingerprint density at radius 1 is 1.47 bits per heavy atom. The zero-order chi connectivity index (χ0) is 10.7. The number of hydrogen-bond acceptors (Lipinski definition) is 4. The van der Waals surface area contributed by atoms with Crippen LogP contribution < -0.4 is 0 Å². The first-order valence-corrected chi connectivity index (χ1v) is 4.21. The van der Waals surface area contributed by atoms with Gasteiger partial charge in [0.25, 0.3) is 0 Å². The Balaban J connectivity index is 2.45. The van der Waals surface area contributed by atoms with Crippen LogP contribution >= 0.6 is 0 Å². The van der Waals surface area contributed by atoms with Gasteiger partial charge in [0.1, 0.15) is 5.69 Å². The highest BCUT2D eigenvalue weighted by atomic mass is 16.1. The fourth-order valence-electron chi connectivity index (χ4n) is 1.15. The number of aromatic nitrogens is 3. The van der Waals surface area contributed by atoms with Crippen LogP contribution in [0.3, 0.4) is 0 Å². The molecule has 0 saturated heterocycles. The van der Waals surface area contributed by atoms with E-state index >= 15 is 0 Å². The Morgan fingerprint density at radius 2 is 2.33 bits per heavy atom. The van der Waals surface area contributed by atoms with Crippen LogP contribution in [-0.4, -0.2) is 21.3 Å². The molecule has 0 aliphatic heterocycles. The van der Waals surface area contributed by atoms with Gasteiger partial charge in [0.2, 0.25) is 0 Å². The summed E-state index contributed by atoms with van der Waals surface area (Å²) in [5.41, 5.74) is 1.44. The largest absolute Gasteiger partial charge is 0.296 e. The quantitative estimate of drug-likeness (QED) is 0.673. The number of nitrogens with zero attached hydrogens (tertiary/aromatic N) is 4. The Labute approximate surface area is 85.6 Å². The summed E-state index contributed by atoms with van der Waals surface area (Å²) in [6.07, 6.45) is 1.99. The summed E-state index contributed by atoms with van der Waals surface area (Å²) >= 11 is 0. The Bertz CT molecular complexity index is 538. The van der Waals surface area contributed by atoms with Crippen LogP contribution in [0.25, 0.3) is 5.69 Å². The standard InChI is InChI=1S/C10H6N4O/c11-5-8-2-1-3-10(4-8)14-12-6-9(7-15)13-14/h1-4,6-7H. The first kappa shape index (κ1) is 9.09. The average molecular weight is 198 g/mol. The van der Waals surface area contributed by atoms with Crippen molar-refractivity contribution in [3.63, 3.8) is 0 Å². The summed E-state index contributed by atoms with van der Waals surface area (Å²) in [6.45, 7) is 0. The molecular weight excluding hydrogens is 192 g/mol. The lowest BCUT2D eigenvalue weighted by Gasteiger charge is -1.98. The number of carbonyl (C=O) groups excluding carboxylic acids is 1. The van der Waals surface area contributed by atoms with Crippen LogP contribution in [-0.2, 0) is 0 Å². The van der Waals surface area contributed by atoms with Gasteiger partial charge in [0, 0.05) is 0 Å². The van der Waals surface area contributed by atoms with Gasteiger partial charge in [-0.25, -0.2) is 0 Å². The molecule has 72 valence electrons. The minimum absolute atomic E-state index is 0.261. The van der Waals surface area contributed by atoms with Crippen LogP contribution in [0.2, 0.25) is 0 Å². The molecule has 1 aromatic carbocycles. The number of hydrogen-bond donors (Lipinski definition) is 0. The lowest BCUT2D eigenvalue weighted by atomic mass is 10.2. The van der Waals surface area contributed by atoms with Crippen molar-refractivity contribution in [1.82, 2.24) is 15.0 Å². The van der Waals surface area contributed by atoms with Crippen molar-refractivity contribution in [3.05, 3.63) is 41.7 Å². The average Bonchev–Trinajstić information content (AvgIpc) is 2.78. The van der Waals surface area contributed by atoms with Crippen LogP contribution in [0, 0.1) is 11.3 Å². The van der Waals surface area contributed by atoms with E-state index in [0.29, 0.717) is 17.5 Å². The second-order valence-corrected chi connectivity index (χ2v) is 2.84. The van der Waals surface area contributed by atoms with Crippen molar-refractivity contribution in [2.75, 3.05) is 0 Å². The Hall–Kier alpha value is -2.48. The van der Waals surface area contributed by atoms with E-state index in [1.807, 2.05) is 6.07 Å². The van der Waals surface area contributed by atoms with E-state index in [1.54, 1.807) is 24.3 Å². The number of rotatable bonds is 2. The molecule has 0 aliphatic carbocycles. The molecule has 0 spiro atoms. The zero-order valence-electron chi connectivity index (χ0n) is 7.66. The van der Waals surface area contributed by atoms with E-state index in [4.69, 9.17) is 5.26 Å². The topological polar surface area (TPSA) is 71.6 Å². The van der Waals surface area contributed by atoms with Gasteiger partial charge in [0.15, 0.2) is 6.29 Å². The maximum atomic E-state index is 10.4. The third-order valence-corrected chi connectivity index (χ3v) is 1.84. The van der Waals surface area contributed by atoms with Gasteiger partial charge < -0.3 is 0 Å². The summed E-state index contributed by atoms with van der Waals surface area (Å²) < 4.78 is 0. The van der Waals surface area contributed by atoms with Gasteiger partial charge in [0.05, 0.1) is 23.5 Å². The lowest BCUT2D eigenvalue weighted by molar-refractivity contribution is 0.111. The molecule has 0 saturated carbocycles. The van der Waals surface area contributed by atoms with Crippen molar-refractivity contribution in [3.8, 4) is 11.8 Å². The number of carbonyl (C=O) groups is 1. The van der Waals surface area contributed by atoms with E-state index < -0.39 is 0 Å². The molecule has 0 unspecified atom stereocenters. The van der Waals surface area contributed by atoms with E-state index in [9.17, 15) is 4.79 Å². The number of benzene rings is 1. The van der Waals surface area contributed by atoms with Gasteiger partial charge >= 0.3 is 0 Å². The zero-order valence-corrected chi connectivity index (χ0v) is 7.66. The fraction of sp³-hybridized carbons (Fsp3) is 0. The molecule has 0 radical (unpaired) electrons. The Kier molecular flexibility index (Phi) is 2.25. The second kappa shape index (κ2) is 3.72. The molecule has 0 fully saturated rings. The molecule has 5 nitrogen and oxygen atoms in total. The highest BCUT2D eigenvalue weighted by molar-refractivity contribution is 5.70. The first-order chi connectivity index (χ1) is 7.33. The van der Waals surface area contributed by atoms with Gasteiger partial charge in [-0.2, -0.15) is 15.2 Å². The van der Waals surface area contributed by atoms with E-state index in [0.717, 1.165) is 0 Å². The SMILES string of the molecule is N#Cc1cccc(-n2ncc(C=O)n2)c1. The molecule has 0 N–H and O–H groups in total. The smallest absolute Gasteiger partial charge is 0.171 e. The van der Waals surface area contributed by atoms with Crippen LogP contribution in [0.15, 0.2) is 30.5 Å². The monoisotopic (exact) mass is 198 g/mol. The van der Waals surface area contributed by atoms with Crippen LogP contribution in [0.1, 0.15) is 16.1 Å². The summed E-state index contributed by atoms with van der Waals surface area (Å²) in [5, 5.41) is 16.5. The van der Waals surface area contributed by atoms with Gasteiger partial charge in [-0.1, -0.05) is 6.07 Å². The summed E-state index contributed by atoms with van der Waals surface area (Å²) in [6, 6.07) is 8.85. The molecule has 2 aromatic rings. The molecule has 1 aromatic heterocycles. The molecule has 1 heterocycles. The maximum absolute atomic E-state index is 10.4. The normalized spacial score (nSPS) is 9.53. The van der Waals surface area contributed by atoms with Gasteiger partial charge in [-0.3, -0.25) is 4.79 Å². The molecular formula is C10H6N4O. The summed E-state index contributed by atoms with van der Waals surface area (Å²) in [7, 11) is 0. The minimum atomic E-state index is 0.261. The van der Waals surface area contributed by atoms with Crippen LogP contribution in [0.5, 0.6) is 0 Å². The van der Waals surface area contributed by atoms with Crippen molar-refractivity contribution >= 4 is 6.29 Å². The number of nitriles is 1. The maximum Gasteiger partial charge on any atom is 0.171 e. The fourth-order valence-corrected chi connectivity index (χ4v) is 1.15. The van der Waals surface area contributed by atoms with Crippen molar-refractivity contribution in [1.29, 1.82) is 5.26 Å². The molecule has 0 bridgehead atoms. The molecule has 0 amide bonds. The highest BCUT2D eigenvalue weighted by Gasteiger charge is 2.02. The van der Waals surface area contributed by atoms with E-state index in [2.05, 4.69) is 10.2 Å². The van der Waals surface area contributed by atoms with Gasteiger partial charge in [-0.05, 0) is 18.2 Å². The third kappa shape index (κ3) is 1.74. The lowest BCUT2D eigenvalue weighted by Crippen LogP contribution is -1.99. The predicted molar refractivity (Wildman–Crippen MR) is 51.5 cm³/mol. The predicted octanol–water partition coefficient (Wildman–Crippen LogP) is 0.951. The Morgan fingerprint density at radius 3 is 3.00 bits per heavy atom. The van der Waals surface area contributed by atoms with Gasteiger partial charge in [-0.15, -0.1) is 5.10 Å². The molecule has 2 rings (SSSR count). The third-order valence-electron chi connectivity index (χ3n) is 1.84. The minimum Gasteiger partial charge on any atom is -0.296 e. The summed E-state index contributed by atoms with van der Waals surface area (Å²) in [5.74, 6) is 0. The summed E-state index contributed by atoms with van der Waals surface area (Å²) in [4.78, 5) is 11.7. The molecule has 0 aliphatic rings. The van der Waals surface area contributed by atoms with Crippen molar-refractivity contribution in [2.24, 2.45) is 0 Å². The second-order valence-electron chi connectivity index (χ2n) is 2.84. The number of aldehydes is 1. The van der Waals surface area contributed by atoms with Crippen molar-refractivity contribution in [2.45, 2.75) is 0 Å². The molecule has 5 heteroatoms. The van der Waals surface area contributed by atoms with E-state index in [-0.39, 0.29) is 5.69 Å². The highest BCUT2D eigenvalue weighted by Crippen LogP contribution is 2.07. The first-order valence-electron chi connectivity index (χ1n) is 4.21.